The molecule has 0 spiro atoms. The van der Waals surface area contributed by atoms with Crippen LogP contribution >= 0.6 is 0 Å². The lowest BCUT2D eigenvalue weighted by molar-refractivity contribution is -0.127. The highest BCUT2D eigenvalue weighted by Crippen LogP contribution is 2.16. The minimum atomic E-state index is 0.0893. The summed E-state index contributed by atoms with van der Waals surface area (Å²) < 4.78 is 0. The van der Waals surface area contributed by atoms with Crippen LogP contribution in [0.15, 0.2) is 30.5 Å². The van der Waals surface area contributed by atoms with E-state index >= 15 is 0 Å². The molecule has 4 heteroatoms. The Hall–Kier alpha value is -1.68. The number of hydrogen-bond acceptors (Lipinski definition) is 3. The summed E-state index contributed by atoms with van der Waals surface area (Å²) in [7, 11) is 1.96. The molecular weight excluding hydrogens is 238 g/mol. The average molecular weight is 259 g/mol. The van der Waals surface area contributed by atoms with Gasteiger partial charge < -0.3 is 10.2 Å². The molecule has 1 saturated heterocycles. The molecule has 4 nitrogen and oxygen atoms in total. The maximum atomic E-state index is 12.1. The molecule has 2 heterocycles. The van der Waals surface area contributed by atoms with Gasteiger partial charge >= 0.3 is 0 Å². The molecule has 102 valence electrons. The molecular formula is C15H21N3O. The zero-order valence-electron chi connectivity index (χ0n) is 11.4. The highest BCUT2D eigenvalue weighted by Gasteiger charge is 2.21. The van der Waals surface area contributed by atoms with E-state index in [0.717, 1.165) is 31.7 Å². The summed E-state index contributed by atoms with van der Waals surface area (Å²) in [5.41, 5.74) is 0.819. The maximum absolute atomic E-state index is 12.1. The van der Waals surface area contributed by atoms with Crippen molar-refractivity contribution < 1.29 is 4.79 Å². The number of likely N-dealkylation sites (tertiary alicyclic amines) is 1. The largest absolute Gasteiger partial charge is 0.339 e. The van der Waals surface area contributed by atoms with E-state index in [2.05, 4.69) is 10.3 Å². The predicted molar refractivity (Wildman–Crippen MR) is 76.5 cm³/mol. The van der Waals surface area contributed by atoms with Gasteiger partial charge in [0.15, 0.2) is 0 Å². The number of aromatic nitrogens is 1. The van der Waals surface area contributed by atoms with E-state index < -0.39 is 0 Å². The Morgan fingerprint density at radius 1 is 1.58 bits per heavy atom. The SMILES string of the molecule is CNCC1CCCN(C(=O)/C=C/c2ccccn2)C1. The molecule has 1 atom stereocenters. The predicted octanol–water partition coefficient (Wildman–Crippen LogP) is 1.55. The molecule has 0 aliphatic carbocycles. The van der Waals surface area contributed by atoms with Crippen molar-refractivity contribution in [1.82, 2.24) is 15.2 Å². The Bertz CT molecular complexity index is 428. The first-order valence-electron chi connectivity index (χ1n) is 6.82. The molecule has 1 unspecified atom stereocenters. The molecule has 1 aliphatic rings. The molecule has 1 fully saturated rings. The second-order valence-electron chi connectivity index (χ2n) is 4.94. The number of hydrogen-bond donors (Lipinski definition) is 1. The van der Waals surface area contributed by atoms with Gasteiger partial charge in [0.25, 0.3) is 0 Å². The van der Waals surface area contributed by atoms with E-state index in [0.29, 0.717) is 5.92 Å². The van der Waals surface area contributed by atoms with Crippen LogP contribution in [0.25, 0.3) is 6.08 Å². The summed E-state index contributed by atoms with van der Waals surface area (Å²) in [4.78, 5) is 18.2. The van der Waals surface area contributed by atoms with Gasteiger partial charge in [-0.25, -0.2) is 0 Å². The smallest absolute Gasteiger partial charge is 0.246 e. The van der Waals surface area contributed by atoms with E-state index in [-0.39, 0.29) is 5.91 Å². The summed E-state index contributed by atoms with van der Waals surface area (Å²) in [5, 5.41) is 3.19. The maximum Gasteiger partial charge on any atom is 0.246 e. The highest BCUT2D eigenvalue weighted by molar-refractivity contribution is 5.91. The number of pyridine rings is 1. The number of rotatable bonds is 4. The third-order valence-electron chi connectivity index (χ3n) is 3.41. The number of nitrogens with one attached hydrogen (secondary N) is 1. The zero-order valence-corrected chi connectivity index (χ0v) is 11.4. The van der Waals surface area contributed by atoms with Crippen LogP contribution in [0, 0.1) is 5.92 Å². The summed E-state index contributed by atoms with van der Waals surface area (Å²) >= 11 is 0. The van der Waals surface area contributed by atoms with Crippen molar-refractivity contribution in [3.8, 4) is 0 Å². The van der Waals surface area contributed by atoms with Crippen LogP contribution in [0.5, 0.6) is 0 Å². The molecule has 1 aliphatic heterocycles. The Morgan fingerprint density at radius 2 is 2.47 bits per heavy atom. The standard InChI is InChI=1S/C15H21N3O/c1-16-11-13-5-4-10-18(12-13)15(19)8-7-14-6-2-3-9-17-14/h2-3,6-9,13,16H,4-5,10-12H2,1H3/b8-7+. The normalized spacial score (nSPS) is 19.8. The lowest BCUT2D eigenvalue weighted by atomic mass is 9.98. The van der Waals surface area contributed by atoms with Gasteiger partial charge in [0.05, 0.1) is 5.69 Å². The molecule has 0 bridgehead atoms. The fraction of sp³-hybridized carbons (Fsp3) is 0.467. The van der Waals surface area contributed by atoms with Crippen molar-refractivity contribution in [2.24, 2.45) is 5.92 Å². The molecule has 0 saturated carbocycles. The monoisotopic (exact) mass is 259 g/mol. The first-order valence-corrected chi connectivity index (χ1v) is 6.82. The Labute approximate surface area is 114 Å². The lowest BCUT2D eigenvalue weighted by Gasteiger charge is -2.32. The molecule has 1 aromatic heterocycles. The van der Waals surface area contributed by atoms with Gasteiger partial charge in [0, 0.05) is 25.4 Å². The number of carbonyl (C=O) groups is 1. The van der Waals surface area contributed by atoms with Crippen LogP contribution in [0.3, 0.4) is 0 Å². The number of amides is 1. The van der Waals surface area contributed by atoms with Crippen LogP contribution in [-0.4, -0.2) is 42.5 Å². The van der Waals surface area contributed by atoms with E-state index in [9.17, 15) is 4.79 Å². The van der Waals surface area contributed by atoms with Gasteiger partial charge in [-0.1, -0.05) is 6.07 Å². The Morgan fingerprint density at radius 3 is 3.21 bits per heavy atom. The second-order valence-corrected chi connectivity index (χ2v) is 4.94. The van der Waals surface area contributed by atoms with Crippen LogP contribution < -0.4 is 5.32 Å². The van der Waals surface area contributed by atoms with E-state index in [1.165, 1.54) is 6.42 Å². The van der Waals surface area contributed by atoms with Crippen molar-refractivity contribution in [2.45, 2.75) is 12.8 Å². The highest BCUT2D eigenvalue weighted by atomic mass is 16.2. The minimum Gasteiger partial charge on any atom is -0.339 e. The van der Waals surface area contributed by atoms with Crippen LogP contribution in [0.4, 0.5) is 0 Å². The molecule has 0 aromatic carbocycles. The van der Waals surface area contributed by atoms with Gasteiger partial charge in [-0.3, -0.25) is 9.78 Å². The molecule has 19 heavy (non-hydrogen) atoms. The second kappa shape index (κ2) is 7.04. The first kappa shape index (κ1) is 13.7. The molecule has 0 radical (unpaired) electrons. The van der Waals surface area contributed by atoms with Crippen LogP contribution in [-0.2, 0) is 4.79 Å². The topological polar surface area (TPSA) is 45.2 Å². The van der Waals surface area contributed by atoms with Gasteiger partial charge in [0.1, 0.15) is 0 Å². The van der Waals surface area contributed by atoms with Crippen molar-refractivity contribution in [3.05, 3.63) is 36.2 Å². The quantitative estimate of drug-likeness (QED) is 0.835. The van der Waals surface area contributed by atoms with Crippen LogP contribution in [0.1, 0.15) is 18.5 Å². The zero-order chi connectivity index (χ0) is 13.5. The summed E-state index contributed by atoms with van der Waals surface area (Å²) in [6.07, 6.45) is 7.44. The van der Waals surface area contributed by atoms with Gasteiger partial charge in [-0.15, -0.1) is 0 Å². The van der Waals surface area contributed by atoms with Gasteiger partial charge in [-0.05, 0) is 50.6 Å². The lowest BCUT2D eigenvalue weighted by Crippen LogP contribution is -2.41. The van der Waals surface area contributed by atoms with Gasteiger partial charge in [0.2, 0.25) is 5.91 Å². The summed E-state index contributed by atoms with van der Waals surface area (Å²) in [5.74, 6) is 0.664. The number of carbonyl (C=O) groups excluding carboxylic acids is 1. The molecule has 1 N–H and O–H groups in total. The van der Waals surface area contributed by atoms with Crippen molar-refractivity contribution in [3.63, 3.8) is 0 Å². The average Bonchev–Trinajstić information content (AvgIpc) is 2.46. The molecule has 2 rings (SSSR count). The van der Waals surface area contributed by atoms with Crippen molar-refractivity contribution >= 4 is 12.0 Å². The minimum absolute atomic E-state index is 0.0893. The van der Waals surface area contributed by atoms with E-state index in [1.54, 1.807) is 18.3 Å². The number of piperidine rings is 1. The third-order valence-corrected chi connectivity index (χ3v) is 3.41. The van der Waals surface area contributed by atoms with Crippen LogP contribution in [0.2, 0.25) is 0 Å². The fourth-order valence-corrected chi connectivity index (χ4v) is 2.46. The van der Waals surface area contributed by atoms with E-state index in [1.807, 2.05) is 30.1 Å². The third kappa shape index (κ3) is 4.17. The molecule has 1 amide bonds. The summed E-state index contributed by atoms with van der Waals surface area (Å²) in [6.45, 7) is 2.70. The van der Waals surface area contributed by atoms with Crippen molar-refractivity contribution in [2.75, 3.05) is 26.7 Å². The Balaban J connectivity index is 1.90. The van der Waals surface area contributed by atoms with Gasteiger partial charge in [-0.2, -0.15) is 0 Å². The summed E-state index contributed by atoms with van der Waals surface area (Å²) in [6, 6.07) is 5.68. The molecule has 1 aromatic rings. The van der Waals surface area contributed by atoms with Crippen molar-refractivity contribution in [1.29, 1.82) is 0 Å². The first-order chi connectivity index (χ1) is 9.29. The van der Waals surface area contributed by atoms with E-state index in [4.69, 9.17) is 0 Å². The fourth-order valence-electron chi connectivity index (χ4n) is 2.46. The Kier molecular flexibility index (Phi) is 5.10. The number of nitrogens with zero attached hydrogens (tertiary/aromatic N) is 2.